The predicted molar refractivity (Wildman–Crippen MR) is 132 cm³/mol. The van der Waals surface area contributed by atoms with Crippen LogP contribution in [-0.4, -0.2) is 27.9 Å². The molecule has 5 nitrogen and oxygen atoms in total. The van der Waals surface area contributed by atoms with Crippen molar-refractivity contribution in [2.75, 3.05) is 12.4 Å². The molecule has 2 fully saturated rings. The summed E-state index contributed by atoms with van der Waals surface area (Å²) < 4.78 is 7.08. The van der Waals surface area contributed by atoms with Crippen LogP contribution in [0, 0.1) is 5.92 Å². The molecule has 33 heavy (non-hydrogen) atoms. The van der Waals surface area contributed by atoms with E-state index >= 15 is 0 Å². The highest BCUT2D eigenvalue weighted by Gasteiger charge is 2.44. The van der Waals surface area contributed by atoms with Gasteiger partial charge in [-0.15, -0.1) is 0 Å². The molecule has 6 heteroatoms. The summed E-state index contributed by atoms with van der Waals surface area (Å²) in [5.41, 5.74) is 4.22. The van der Waals surface area contributed by atoms with Crippen molar-refractivity contribution >= 4 is 17.7 Å². The number of ether oxygens (including phenoxy) is 1. The lowest BCUT2D eigenvalue weighted by atomic mass is 9.68. The van der Waals surface area contributed by atoms with E-state index in [4.69, 9.17) is 9.72 Å². The second kappa shape index (κ2) is 9.65. The van der Waals surface area contributed by atoms with Crippen molar-refractivity contribution in [3.8, 4) is 11.3 Å². The molecule has 2 aromatic rings. The molecule has 5 rings (SSSR count). The smallest absolute Gasteiger partial charge is 0.316 e. The van der Waals surface area contributed by atoms with Crippen LogP contribution in [0.2, 0.25) is 0 Å². The lowest BCUT2D eigenvalue weighted by Crippen LogP contribution is -2.41. The van der Waals surface area contributed by atoms with Gasteiger partial charge in [0.15, 0.2) is 5.16 Å². The Labute approximate surface area is 200 Å². The average Bonchev–Trinajstić information content (AvgIpc) is 3.28. The highest BCUT2D eigenvalue weighted by Crippen LogP contribution is 2.50. The van der Waals surface area contributed by atoms with E-state index in [0.29, 0.717) is 24.2 Å². The third-order valence-corrected chi connectivity index (χ3v) is 8.77. The van der Waals surface area contributed by atoms with Crippen LogP contribution in [0.3, 0.4) is 0 Å². The second-order valence-electron chi connectivity index (χ2n) is 9.95. The Balaban J connectivity index is 1.63. The molecule has 1 aromatic carbocycles. The van der Waals surface area contributed by atoms with Crippen molar-refractivity contribution in [3.05, 3.63) is 45.7 Å². The van der Waals surface area contributed by atoms with Gasteiger partial charge in [-0.1, -0.05) is 68.1 Å². The summed E-state index contributed by atoms with van der Waals surface area (Å²) in [6.07, 6.45) is 11.5. The van der Waals surface area contributed by atoms with Crippen LogP contribution in [0.25, 0.3) is 11.3 Å². The Hall–Kier alpha value is -2.08. The number of hydrogen-bond donors (Lipinski definition) is 0. The van der Waals surface area contributed by atoms with Crippen molar-refractivity contribution in [1.29, 1.82) is 0 Å². The van der Waals surface area contributed by atoms with Crippen molar-refractivity contribution in [1.82, 2.24) is 9.55 Å². The first kappa shape index (κ1) is 22.7. The van der Waals surface area contributed by atoms with E-state index in [1.807, 2.05) is 17.6 Å². The molecule has 1 aromatic heterocycles. The second-order valence-corrected chi connectivity index (χ2v) is 10.9. The lowest BCUT2D eigenvalue weighted by Gasteiger charge is -2.36. The van der Waals surface area contributed by atoms with Crippen LogP contribution in [0.1, 0.15) is 75.8 Å². The number of fused-ring (bicyclic) bond motifs is 4. The maximum absolute atomic E-state index is 14.2. The van der Waals surface area contributed by atoms with E-state index in [1.165, 1.54) is 62.3 Å². The zero-order chi connectivity index (χ0) is 22.8. The number of hydrogen-bond acceptors (Lipinski definition) is 5. The molecule has 0 aliphatic heterocycles. The van der Waals surface area contributed by atoms with E-state index in [1.54, 1.807) is 0 Å². The first-order valence-electron chi connectivity index (χ1n) is 12.6. The fourth-order valence-corrected chi connectivity index (χ4v) is 7.07. The van der Waals surface area contributed by atoms with E-state index in [-0.39, 0.29) is 22.7 Å². The minimum absolute atomic E-state index is 0.0909. The van der Waals surface area contributed by atoms with Crippen LogP contribution < -0.4 is 5.56 Å². The Morgan fingerprint density at radius 2 is 1.91 bits per heavy atom. The van der Waals surface area contributed by atoms with E-state index in [0.717, 1.165) is 36.1 Å². The minimum atomic E-state index is -0.258. The van der Waals surface area contributed by atoms with Crippen LogP contribution in [0.5, 0.6) is 0 Å². The van der Waals surface area contributed by atoms with Crippen LogP contribution in [0.15, 0.2) is 34.2 Å². The topological polar surface area (TPSA) is 61.2 Å². The fourth-order valence-electron chi connectivity index (χ4n) is 6.27. The van der Waals surface area contributed by atoms with Crippen LogP contribution in [0.4, 0.5) is 0 Å². The first-order chi connectivity index (χ1) is 16.1. The average molecular weight is 467 g/mol. The lowest BCUT2D eigenvalue weighted by molar-refractivity contribution is -0.139. The van der Waals surface area contributed by atoms with Gasteiger partial charge in [-0.3, -0.25) is 14.2 Å². The molecule has 0 bridgehead atoms. The first-order valence-corrected chi connectivity index (χ1v) is 13.6. The third-order valence-electron chi connectivity index (χ3n) is 7.82. The van der Waals surface area contributed by atoms with Gasteiger partial charge in [-0.05, 0) is 50.5 Å². The molecule has 2 saturated carbocycles. The summed E-state index contributed by atoms with van der Waals surface area (Å²) in [5.74, 6) is 0.427. The highest BCUT2D eigenvalue weighted by molar-refractivity contribution is 7.99. The Morgan fingerprint density at radius 1 is 1.15 bits per heavy atom. The molecule has 0 amide bonds. The fraction of sp³-hybridized carbons (Fsp3) is 0.593. The Morgan fingerprint density at radius 3 is 2.67 bits per heavy atom. The van der Waals surface area contributed by atoms with Gasteiger partial charge < -0.3 is 4.74 Å². The maximum atomic E-state index is 14.2. The van der Waals surface area contributed by atoms with E-state index in [9.17, 15) is 9.59 Å². The summed E-state index contributed by atoms with van der Waals surface area (Å²) in [7, 11) is 0. The standard InChI is InChI=1S/C27H34N2O3S/c1-2-32-22(30)18-33-26-28-24-21-13-7-6-12-20(21)16-27(14-8-9-15-27)23(24)25(31)29(26)17-19-10-4-3-5-11-19/h6-7,12-13,19H,2-5,8-11,14-18H2,1H3. The molecule has 0 unspecified atom stereocenters. The van der Waals surface area contributed by atoms with Crippen molar-refractivity contribution < 1.29 is 9.53 Å². The van der Waals surface area contributed by atoms with Gasteiger partial charge in [0.2, 0.25) is 0 Å². The van der Waals surface area contributed by atoms with Crippen molar-refractivity contribution in [2.24, 2.45) is 5.92 Å². The van der Waals surface area contributed by atoms with Crippen LogP contribution >= 0.6 is 11.8 Å². The zero-order valence-electron chi connectivity index (χ0n) is 19.6. The van der Waals surface area contributed by atoms with Gasteiger partial charge in [0.1, 0.15) is 0 Å². The molecule has 176 valence electrons. The Kier molecular flexibility index (Phi) is 6.64. The normalized spacial score (nSPS) is 19.3. The van der Waals surface area contributed by atoms with E-state index in [2.05, 4.69) is 18.2 Å². The minimum Gasteiger partial charge on any atom is -0.465 e. The van der Waals surface area contributed by atoms with Gasteiger partial charge in [0, 0.05) is 17.5 Å². The SMILES string of the molecule is CCOC(=O)CSc1nc2c(c(=O)n1CC1CCCCC1)C1(CCCC1)Cc1ccccc1-2. The molecule has 1 heterocycles. The van der Waals surface area contributed by atoms with Crippen molar-refractivity contribution in [3.63, 3.8) is 0 Å². The number of carbonyl (C=O) groups is 1. The monoisotopic (exact) mass is 466 g/mol. The van der Waals surface area contributed by atoms with Crippen molar-refractivity contribution in [2.45, 2.75) is 88.2 Å². The van der Waals surface area contributed by atoms with Gasteiger partial charge in [0.25, 0.3) is 5.56 Å². The molecule has 0 radical (unpaired) electrons. The molecular weight excluding hydrogens is 432 g/mol. The number of aromatic nitrogens is 2. The molecule has 3 aliphatic rings. The number of thioether (sulfide) groups is 1. The summed E-state index contributed by atoms with van der Waals surface area (Å²) in [6.45, 7) is 2.89. The molecule has 0 N–H and O–H groups in total. The summed E-state index contributed by atoms with van der Waals surface area (Å²) in [5, 5.41) is 0.669. The molecule has 3 aliphatic carbocycles. The largest absolute Gasteiger partial charge is 0.465 e. The Bertz CT molecular complexity index is 1080. The number of esters is 1. The predicted octanol–water partition coefficient (Wildman–Crippen LogP) is 5.51. The quantitative estimate of drug-likeness (QED) is 0.319. The van der Waals surface area contributed by atoms with Gasteiger partial charge in [-0.2, -0.15) is 0 Å². The molecule has 1 spiro atoms. The van der Waals surface area contributed by atoms with Crippen LogP contribution in [-0.2, 0) is 27.9 Å². The zero-order valence-corrected chi connectivity index (χ0v) is 20.4. The van der Waals surface area contributed by atoms with Gasteiger partial charge >= 0.3 is 5.97 Å². The number of nitrogens with zero attached hydrogens (tertiary/aromatic N) is 2. The van der Waals surface area contributed by atoms with Gasteiger partial charge in [0.05, 0.1) is 23.6 Å². The number of carbonyl (C=O) groups excluding carboxylic acids is 1. The highest BCUT2D eigenvalue weighted by atomic mass is 32.2. The molecular formula is C27H34N2O3S. The van der Waals surface area contributed by atoms with E-state index < -0.39 is 0 Å². The summed E-state index contributed by atoms with van der Waals surface area (Å²) in [4.78, 5) is 31.5. The van der Waals surface area contributed by atoms with Gasteiger partial charge in [-0.25, -0.2) is 4.98 Å². The number of rotatable bonds is 6. The summed E-state index contributed by atoms with van der Waals surface area (Å²) >= 11 is 1.35. The number of benzene rings is 1. The maximum Gasteiger partial charge on any atom is 0.316 e. The molecule has 0 atom stereocenters. The molecule has 0 saturated heterocycles. The summed E-state index contributed by atoms with van der Waals surface area (Å²) in [6, 6.07) is 8.43. The third kappa shape index (κ3) is 4.39.